The van der Waals surface area contributed by atoms with E-state index in [0.29, 0.717) is 18.9 Å². The van der Waals surface area contributed by atoms with Crippen molar-refractivity contribution in [2.24, 2.45) is 16.6 Å². The summed E-state index contributed by atoms with van der Waals surface area (Å²) in [6.45, 7) is 3.71. The van der Waals surface area contributed by atoms with Gasteiger partial charge in [0.05, 0.1) is 6.04 Å². The number of nitrogens with two attached hydrogens (primary N) is 1. The van der Waals surface area contributed by atoms with Gasteiger partial charge in [-0.05, 0) is 11.6 Å². The van der Waals surface area contributed by atoms with Crippen LogP contribution in [0, 0.1) is 5.92 Å². The molecule has 8 nitrogen and oxygen atoms in total. The molecule has 0 spiro atoms. The Morgan fingerprint density at radius 3 is 2.48 bits per heavy atom. The van der Waals surface area contributed by atoms with Crippen molar-refractivity contribution in [3.63, 3.8) is 0 Å². The van der Waals surface area contributed by atoms with E-state index in [-0.39, 0.29) is 17.9 Å². The van der Waals surface area contributed by atoms with Gasteiger partial charge in [-0.1, -0.05) is 30.3 Å². The van der Waals surface area contributed by atoms with Crippen molar-refractivity contribution in [1.82, 2.24) is 19.8 Å². The molecule has 1 aromatic carbocycles. The van der Waals surface area contributed by atoms with Crippen LogP contribution in [0.3, 0.4) is 0 Å². The summed E-state index contributed by atoms with van der Waals surface area (Å²) in [5, 5.41) is 0. The van der Waals surface area contributed by atoms with Gasteiger partial charge in [-0.15, -0.1) is 0 Å². The maximum atomic E-state index is 12.3. The number of anilines is 1. The van der Waals surface area contributed by atoms with E-state index in [1.165, 1.54) is 0 Å². The second-order valence-corrected chi connectivity index (χ2v) is 7.55. The number of guanidine groups is 1. The van der Waals surface area contributed by atoms with E-state index in [9.17, 15) is 4.79 Å². The van der Waals surface area contributed by atoms with Crippen molar-refractivity contribution in [3.05, 3.63) is 54.4 Å². The van der Waals surface area contributed by atoms with Gasteiger partial charge < -0.3 is 20.4 Å². The number of carbonyl (C=O) groups is 1. The Bertz CT molecular complexity index is 850. The van der Waals surface area contributed by atoms with Crippen molar-refractivity contribution in [1.29, 1.82) is 0 Å². The van der Waals surface area contributed by atoms with Crippen molar-refractivity contribution in [3.8, 4) is 0 Å². The number of nitrogens with zero attached hydrogens (tertiary/aromatic N) is 6. The number of hydrogen-bond donors (Lipinski definition) is 1. The van der Waals surface area contributed by atoms with E-state index in [0.717, 1.165) is 37.7 Å². The summed E-state index contributed by atoms with van der Waals surface area (Å²) >= 11 is 0. The van der Waals surface area contributed by atoms with Crippen molar-refractivity contribution in [2.45, 2.75) is 12.5 Å². The fraction of sp³-hybridized carbons (Fsp3) is 0.429. The zero-order valence-corrected chi connectivity index (χ0v) is 16.7. The molecular formula is C21H27N7O. The molecule has 2 fully saturated rings. The summed E-state index contributed by atoms with van der Waals surface area (Å²) in [5.41, 5.74) is 7.44. The van der Waals surface area contributed by atoms with E-state index in [1.54, 1.807) is 12.4 Å². The van der Waals surface area contributed by atoms with E-state index in [4.69, 9.17) is 5.73 Å². The van der Waals surface area contributed by atoms with Crippen LogP contribution in [0.25, 0.3) is 0 Å². The maximum Gasteiger partial charge on any atom is 0.225 e. The van der Waals surface area contributed by atoms with Crippen LogP contribution in [0.4, 0.5) is 5.95 Å². The number of benzene rings is 1. The monoisotopic (exact) mass is 393 g/mol. The first-order valence-corrected chi connectivity index (χ1v) is 10.0. The molecule has 2 atom stereocenters. The largest absolute Gasteiger partial charge is 0.370 e. The average Bonchev–Trinajstić information content (AvgIpc) is 3.07. The Morgan fingerprint density at radius 2 is 1.79 bits per heavy atom. The molecule has 8 heteroatoms. The van der Waals surface area contributed by atoms with Crippen LogP contribution in [0.15, 0.2) is 53.8 Å². The molecule has 2 N–H and O–H groups in total. The molecule has 2 saturated heterocycles. The molecule has 0 radical (unpaired) electrons. The molecule has 2 aliphatic rings. The van der Waals surface area contributed by atoms with Crippen LogP contribution >= 0.6 is 0 Å². The van der Waals surface area contributed by atoms with Crippen LogP contribution in [0.1, 0.15) is 18.0 Å². The standard InChI is InChI=1S/C21H27N7O/c1-26-18(29)14-17(19(26)16-6-3-2-4-7-16)15-25-20(22)27-10-12-28(13-11-27)21-23-8-5-9-24-21/h2-9,17,19H,10-15H2,1H3,(H2,22,25)/t17-,19-/m0/s1. The second kappa shape index (κ2) is 8.46. The van der Waals surface area contributed by atoms with Gasteiger partial charge in [0, 0.05) is 64.5 Å². The van der Waals surface area contributed by atoms with E-state index in [1.807, 2.05) is 36.2 Å². The fourth-order valence-corrected chi connectivity index (χ4v) is 4.16. The Balaban J connectivity index is 1.38. The third kappa shape index (κ3) is 4.16. The van der Waals surface area contributed by atoms with Gasteiger partial charge in [0.2, 0.25) is 11.9 Å². The number of piperazine rings is 1. The Hall–Kier alpha value is -3.16. The first-order valence-electron chi connectivity index (χ1n) is 10.0. The summed E-state index contributed by atoms with van der Waals surface area (Å²) in [6.07, 6.45) is 4.02. The molecule has 2 aromatic rings. The molecule has 0 bridgehead atoms. The van der Waals surface area contributed by atoms with Gasteiger partial charge in [0.25, 0.3) is 0 Å². The highest BCUT2D eigenvalue weighted by molar-refractivity contribution is 5.80. The minimum absolute atomic E-state index is 0.0485. The predicted molar refractivity (Wildman–Crippen MR) is 112 cm³/mol. The minimum Gasteiger partial charge on any atom is -0.370 e. The molecule has 4 rings (SSSR count). The zero-order chi connectivity index (χ0) is 20.2. The molecule has 29 heavy (non-hydrogen) atoms. The number of hydrogen-bond acceptors (Lipinski definition) is 5. The van der Waals surface area contributed by atoms with Gasteiger partial charge in [-0.2, -0.15) is 0 Å². The Kier molecular flexibility index (Phi) is 5.59. The van der Waals surface area contributed by atoms with Crippen LogP contribution in [-0.2, 0) is 4.79 Å². The highest BCUT2D eigenvalue weighted by atomic mass is 16.2. The molecule has 1 aromatic heterocycles. The Labute approximate surface area is 171 Å². The number of carbonyl (C=O) groups excluding carboxylic acids is 1. The third-order valence-corrected chi connectivity index (χ3v) is 5.76. The van der Waals surface area contributed by atoms with Gasteiger partial charge in [-0.3, -0.25) is 9.79 Å². The van der Waals surface area contributed by atoms with Gasteiger partial charge in [-0.25, -0.2) is 9.97 Å². The molecule has 0 aliphatic carbocycles. The predicted octanol–water partition coefficient (Wildman–Crippen LogP) is 1.13. The molecular weight excluding hydrogens is 366 g/mol. The lowest BCUT2D eigenvalue weighted by atomic mass is 9.94. The summed E-state index contributed by atoms with van der Waals surface area (Å²) in [5.74, 6) is 1.59. The van der Waals surface area contributed by atoms with Gasteiger partial charge in [0.15, 0.2) is 5.96 Å². The van der Waals surface area contributed by atoms with E-state index in [2.05, 4.69) is 36.9 Å². The van der Waals surface area contributed by atoms with Crippen molar-refractivity contribution >= 4 is 17.8 Å². The number of aliphatic imine (C=N–C) groups is 1. The quantitative estimate of drug-likeness (QED) is 0.619. The van der Waals surface area contributed by atoms with Crippen molar-refractivity contribution < 1.29 is 4.79 Å². The highest BCUT2D eigenvalue weighted by Gasteiger charge is 2.38. The highest BCUT2D eigenvalue weighted by Crippen LogP contribution is 2.37. The van der Waals surface area contributed by atoms with E-state index >= 15 is 0 Å². The molecule has 0 saturated carbocycles. The van der Waals surface area contributed by atoms with Crippen LogP contribution < -0.4 is 10.6 Å². The van der Waals surface area contributed by atoms with Crippen LogP contribution in [0.5, 0.6) is 0 Å². The third-order valence-electron chi connectivity index (χ3n) is 5.76. The van der Waals surface area contributed by atoms with Crippen molar-refractivity contribution in [2.75, 3.05) is 44.7 Å². The van der Waals surface area contributed by atoms with E-state index < -0.39 is 0 Å². The first-order chi connectivity index (χ1) is 14.1. The van der Waals surface area contributed by atoms with Crippen LogP contribution in [0.2, 0.25) is 0 Å². The van der Waals surface area contributed by atoms with Crippen LogP contribution in [-0.4, -0.2) is 71.4 Å². The molecule has 152 valence electrons. The zero-order valence-electron chi connectivity index (χ0n) is 16.7. The molecule has 2 aliphatic heterocycles. The number of likely N-dealkylation sites (tertiary alicyclic amines) is 1. The summed E-state index contributed by atoms with van der Waals surface area (Å²) < 4.78 is 0. The lowest BCUT2D eigenvalue weighted by Crippen LogP contribution is -2.51. The molecule has 1 amide bonds. The summed E-state index contributed by atoms with van der Waals surface area (Å²) in [4.78, 5) is 31.7. The molecule has 0 unspecified atom stereocenters. The lowest BCUT2D eigenvalue weighted by molar-refractivity contribution is -0.127. The van der Waals surface area contributed by atoms with Gasteiger partial charge >= 0.3 is 0 Å². The Morgan fingerprint density at radius 1 is 1.10 bits per heavy atom. The topological polar surface area (TPSA) is 91.0 Å². The number of rotatable bonds is 4. The summed E-state index contributed by atoms with van der Waals surface area (Å²) in [7, 11) is 1.87. The smallest absolute Gasteiger partial charge is 0.225 e. The summed E-state index contributed by atoms with van der Waals surface area (Å²) in [6, 6.07) is 12.0. The maximum absolute atomic E-state index is 12.3. The fourth-order valence-electron chi connectivity index (χ4n) is 4.16. The number of aromatic nitrogens is 2. The number of amides is 1. The lowest BCUT2D eigenvalue weighted by Gasteiger charge is -2.35. The SMILES string of the molecule is CN1C(=O)C[C@@H](CN=C(N)N2CCN(c3ncccn3)CC2)[C@@H]1c1ccccc1. The molecule has 3 heterocycles. The normalized spacial score (nSPS) is 23.0. The average molecular weight is 393 g/mol. The minimum atomic E-state index is 0.0485. The van der Waals surface area contributed by atoms with Gasteiger partial charge in [0.1, 0.15) is 0 Å². The second-order valence-electron chi connectivity index (χ2n) is 7.55. The first kappa shape index (κ1) is 19.2.